The smallest absolute Gasteiger partial charge is 0.277 e. The number of carbonyl (C=O) groups excluding carboxylic acids is 2. The summed E-state index contributed by atoms with van der Waals surface area (Å²) in [6.07, 6.45) is 5.27. The average molecular weight is 479 g/mol. The predicted octanol–water partition coefficient (Wildman–Crippen LogP) is 3.17. The highest BCUT2D eigenvalue weighted by molar-refractivity contribution is 6.00. The Balaban J connectivity index is 2.55. The summed E-state index contributed by atoms with van der Waals surface area (Å²) in [6.45, 7) is 2.09. The summed E-state index contributed by atoms with van der Waals surface area (Å²) in [5.74, 6) is -2.99. The van der Waals surface area contributed by atoms with Gasteiger partial charge in [-0.1, -0.05) is 12.8 Å². The molecule has 0 aliphatic heterocycles. The summed E-state index contributed by atoms with van der Waals surface area (Å²) in [4.78, 5) is 34.7. The molecule has 0 radical (unpaired) electrons. The summed E-state index contributed by atoms with van der Waals surface area (Å²) in [7, 11) is 0. The van der Waals surface area contributed by atoms with Crippen LogP contribution < -0.4 is 10.8 Å². The normalized spacial score (nSPS) is 10.5. The third-order valence-electron chi connectivity index (χ3n) is 4.46. The molecule has 2 aromatic rings. The summed E-state index contributed by atoms with van der Waals surface area (Å²) in [5.41, 5.74) is 0.438. The molecule has 0 bridgehead atoms. The Morgan fingerprint density at radius 3 is 2.50 bits per heavy atom. The highest BCUT2D eigenvalue weighted by Gasteiger charge is 2.26. The quantitative estimate of drug-likeness (QED) is 0.260. The van der Waals surface area contributed by atoms with Crippen LogP contribution in [0.25, 0.3) is 0 Å². The van der Waals surface area contributed by atoms with E-state index in [2.05, 4.69) is 11.2 Å². The highest BCUT2D eigenvalue weighted by Crippen LogP contribution is 2.31. The van der Waals surface area contributed by atoms with Gasteiger partial charge in [-0.3, -0.25) is 19.3 Å². The molecule has 0 spiro atoms. The summed E-state index contributed by atoms with van der Waals surface area (Å²) in [5, 5.41) is 12.0. The first-order valence-corrected chi connectivity index (χ1v) is 10.3. The van der Waals surface area contributed by atoms with Crippen LogP contribution in [-0.4, -0.2) is 41.8 Å². The molecule has 8 nitrogen and oxygen atoms in total. The molecule has 0 aromatic heterocycles. The minimum atomic E-state index is -1.49. The number of rotatable bonds is 11. The monoisotopic (exact) mass is 479 g/mol. The lowest BCUT2D eigenvalue weighted by atomic mass is 10.0. The molecule has 11 heteroatoms. The number of aliphatic hydroxyl groups is 1. The van der Waals surface area contributed by atoms with Crippen LogP contribution in [0.3, 0.4) is 0 Å². The van der Waals surface area contributed by atoms with Gasteiger partial charge < -0.3 is 10.4 Å². The topological polar surface area (TPSA) is 100 Å². The van der Waals surface area contributed by atoms with Crippen LogP contribution in [0.4, 0.5) is 24.5 Å². The van der Waals surface area contributed by atoms with Crippen molar-refractivity contribution < 1.29 is 37.5 Å². The third-order valence-corrected chi connectivity index (χ3v) is 4.46. The number of terminal acetylenes is 1. The second kappa shape index (κ2) is 12.6. The number of aliphatic hydroxyl groups excluding tert-OH is 1. The van der Waals surface area contributed by atoms with Crippen molar-refractivity contribution in [3.63, 3.8) is 0 Å². The second-order valence-corrected chi connectivity index (χ2v) is 6.76. The number of halogens is 3. The van der Waals surface area contributed by atoms with E-state index in [1.807, 2.05) is 5.48 Å². The molecular formula is C23H24F3N3O5. The van der Waals surface area contributed by atoms with Crippen LogP contribution in [0.5, 0.6) is 0 Å². The van der Waals surface area contributed by atoms with Gasteiger partial charge in [0.05, 0.1) is 43.3 Å². The maximum Gasteiger partial charge on any atom is 0.277 e. The van der Waals surface area contributed by atoms with Gasteiger partial charge in [-0.2, -0.15) is 0 Å². The van der Waals surface area contributed by atoms with E-state index in [9.17, 15) is 18.4 Å². The number of hydrogen-bond acceptors (Lipinski definition) is 6. The van der Waals surface area contributed by atoms with Crippen LogP contribution in [0.2, 0.25) is 0 Å². The van der Waals surface area contributed by atoms with Crippen LogP contribution in [-0.2, 0) is 21.0 Å². The number of amides is 2. The highest BCUT2D eigenvalue weighted by atomic mass is 19.2. The van der Waals surface area contributed by atoms with Crippen molar-refractivity contribution in [2.75, 3.05) is 25.1 Å². The fourth-order valence-electron chi connectivity index (χ4n) is 2.85. The SMILES string of the molecule is C#Cc1ccc(Nc2c(C(=O)NOCCO)cc(CN(OCC)C(=O)CC)c(F)c2F)c(F)c1. The molecular weight excluding hydrogens is 455 g/mol. The Morgan fingerprint density at radius 2 is 1.91 bits per heavy atom. The molecule has 34 heavy (non-hydrogen) atoms. The largest absolute Gasteiger partial charge is 0.394 e. The molecule has 0 saturated carbocycles. The second-order valence-electron chi connectivity index (χ2n) is 6.76. The summed E-state index contributed by atoms with van der Waals surface area (Å²) in [6, 6.07) is 4.57. The van der Waals surface area contributed by atoms with Crippen molar-refractivity contribution in [1.29, 1.82) is 0 Å². The van der Waals surface area contributed by atoms with Gasteiger partial charge in [0, 0.05) is 17.5 Å². The van der Waals surface area contributed by atoms with E-state index in [4.69, 9.17) is 21.2 Å². The number of nitrogens with one attached hydrogen (secondary N) is 2. The standard InChI is InChI=1S/C23H24F3N3O5/c1-4-14-7-8-18(17(24)11-14)27-22-16(23(32)28-33-10-9-30)12-15(20(25)21(22)26)13-29(34-6-3)19(31)5-2/h1,7-8,11-12,27,30H,5-6,9-10,13H2,2-3H3,(H,28,32). The number of nitrogens with zero attached hydrogens (tertiary/aromatic N) is 1. The lowest BCUT2D eigenvalue weighted by Crippen LogP contribution is -2.31. The fourth-order valence-corrected chi connectivity index (χ4v) is 2.85. The molecule has 2 aromatic carbocycles. The zero-order chi connectivity index (χ0) is 25.3. The Morgan fingerprint density at radius 1 is 1.18 bits per heavy atom. The predicted molar refractivity (Wildman–Crippen MR) is 117 cm³/mol. The summed E-state index contributed by atoms with van der Waals surface area (Å²) >= 11 is 0. The van der Waals surface area contributed by atoms with Crippen molar-refractivity contribution in [2.45, 2.75) is 26.8 Å². The van der Waals surface area contributed by atoms with Gasteiger partial charge in [0.15, 0.2) is 11.6 Å². The van der Waals surface area contributed by atoms with Gasteiger partial charge in [-0.15, -0.1) is 6.42 Å². The lowest BCUT2D eigenvalue weighted by Gasteiger charge is -2.22. The van der Waals surface area contributed by atoms with Crippen molar-refractivity contribution >= 4 is 23.2 Å². The minimum Gasteiger partial charge on any atom is -0.394 e. The van der Waals surface area contributed by atoms with Gasteiger partial charge in [0.1, 0.15) is 5.82 Å². The number of hydroxylamine groups is 3. The van der Waals surface area contributed by atoms with E-state index in [-0.39, 0.29) is 36.4 Å². The zero-order valence-electron chi connectivity index (χ0n) is 18.6. The maximum absolute atomic E-state index is 15.2. The Bertz CT molecular complexity index is 1090. The third kappa shape index (κ3) is 6.48. The van der Waals surface area contributed by atoms with Gasteiger partial charge in [-0.05, 0) is 31.2 Å². The zero-order valence-corrected chi connectivity index (χ0v) is 18.6. The Hall–Kier alpha value is -3.59. The van der Waals surface area contributed by atoms with E-state index in [1.165, 1.54) is 12.1 Å². The molecule has 0 aliphatic rings. The van der Waals surface area contributed by atoms with Crippen LogP contribution in [0.15, 0.2) is 24.3 Å². The van der Waals surface area contributed by atoms with E-state index in [0.29, 0.717) is 0 Å². The Labute approximate surface area is 194 Å². The molecule has 2 rings (SSSR count). The minimum absolute atomic E-state index is 0.0407. The van der Waals surface area contributed by atoms with Crippen molar-refractivity contribution in [3.05, 3.63) is 58.4 Å². The van der Waals surface area contributed by atoms with E-state index < -0.39 is 53.7 Å². The van der Waals surface area contributed by atoms with Crippen molar-refractivity contribution in [3.8, 4) is 12.3 Å². The first-order valence-electron chi connectivity index (χ1n) is 10.3. The number of benzene rings is 2. The van der Waals surface area contributed by atoms with Crippen molar-refractivity contribution in [2.24, 2.45) is 0 Å². The van der Waals surface area contributed by atoms with Crippen LogP contribution in [0, 0.1) is 29.8 Å². The molecule has 0 atom stereocenters. The molecule has 0 aliphatic carbocycles. The van der Waals surface area contributed by atoms with Crippen molar-refractivity contribution in [1.82, 2.24) is 10.5 Å². The fraction of sp³-hybridized carbons (Fsp3) is 0.304. The first-order chi connectivity index (χ1) is 16.3. The number of carbonyl (C=O) groups is 2. The number of anilines is 2. The molecule has 3 N–H and O–H groups in total. The van der Waals surface area contributed by atoms with Crippen LogP contribution in [0.1, 0.15) is 41.8 Å². The molecule has 2 amide bonds. The van der Waals surface area contributed by atoms with Gasteiger partial charge >= 0.3 is 0 Å². The van der Waals surface area contributed by atoms with E-state index in [0.717, 1.165) is 17.2 Å². The molecule has 182 valence electrons. The first kappa shape index (κ1) is 26.7. The summed E-state index contributed by atoms with van der Waals surface area (Å²) < 4.78 is 44.5. The van der Waals surface area contributed by atoms with Crippen LogP contribution >= 0.6 is 0 Å². The molecule has 0 heterocycles. The van der Waals surface area contributed by atoms with E-state index in [1.54, 1.807) is 13.8 Å². The molecule has 0 saturated heterocycles. The average Bonchev–Trinajstić information content (AvgIpc) is 2.83. The lowest BCUT2D eigenvalue weighted by molar-refractivity contribution is -0.188. The Kier molecular flexibility index (Phi) is 9.88. The maximum atomic E-state index is 15.2. The molecule has 0 unspecified atom stereocenters. The van der Waals surface area contributed by atoms with Gasteiger partial charge in [0.25, 0.3) is 5.91 Å². The van der Waals surface area contributed by atoms with E-state index >= 15 is 4.39 Å². The molecule has 0 fully saturated rings. The number of hydrogen-bond donors (Lipinski definition) is 3. The van der Waals surface area contributed by atoms with Gasteiger partial charge in [0.2, 0.25) is 5.91 Å². The van der Waals surface area contributed by atoms with Gasteiger partial charge in [-0.25, -0.2) is 23.7 Å².